The number of carbonyl (C=O) groups is 2. The van der Waals surface area contributed by atoms with Crippen molar-refractivity contribution in [2.45, 2.75) is 13.0 Å². The predicted molar refractivity (Wildman–Crippen MR) is 124 cm³/mol. The van der Waals surface area contributed by atoms with E-state index in [1.54, 1.807) is 24.1 Å². The van der Waals surface area contributed by atoms with Gasteiger partial charge in [0.25, 0.3) is 5.91 Å². The van der Waals surface area contributed by atoms with Crippen LogP contribution in [0, 0.1) is 6.92 Å². The van der Waals surface area contributed by atoms with Crippen LogP contribution in [0.3, 0.4) is 0 Å². The summed E-state index contributed by atoms with van der Waals surface area (Å²) in [7, 11) is 1.61. The van der Waals surface area contributed by atoms with Crippen molar-refractivity contribution in [3.8, 4) is 17.0 Å². The van der Waals surface area contributed by atoms with Crippen molar-refractivity contribution < 1.29 is 19.4 Å². The monoisotopic (exact) mass is 439 g/mol. The highest BCUT2D eigenvalue weighted by Gasteiger charge is 2.43. The molecule has 0 unspecified atom stereocenters. The van der Waals surface area contributed by atoms with E-state index in [1.165, 1.54) is 12.1 Å². The van der Waals surface area contributed by atoms with E-state index >= 15 is 0 Å². The number of amides is 1. The molecule has 0 saturated heterocycles. The summed E-state index contributed by atoms with van der Waals surface area (Å²) in [6, 6.07) is 21.4. The average Bonchev–Trinajstić information content (AvgIpc) is 3.39. The molecule has 164 valence electrons. The maximum absolute atomic E-state index is 13.5. The lowest BCUT2D eigenvalue weighted by molar-refractivity contribution is 0.0696. The Bertz CT molecular complexity index is 1340. The second-order valence-electron chi connectivity index (χ2n) is 7.93. The number of benzene rings is 3. The smallest absolute Gasteiger partial charge is 0.335 e. The molecule has 1 aliphatic heterocycles. The highest BCUT2D eigenvalue weighted by molar-refractivity contribution is 6.11. The molecular formula is C26H21N3O4. The lowest BCUT2D eigenvalue weighted by Gasteiger charge is -2.26. The summed E-state index contributed by atoms with van der Waals surface area (Å²) in [4.78, 5) is 26.5. The number of nitrogens with one attached hydrogen (secondary N) is 1. The molecule has 2 heterocycles. The lowest BCUT2D eigenvalue weighted by Crippen LogP contribution is -2.29. The van der Waals surface area contributed by atoms with Crippen LogP contribution in [0.1, 0.15) is 43.6 Å². The van der Waals surface area contributed by atoms with Crippen LogP contribution in [-0.4, -0.2) is 34.3 Å². The fraction of sp³-hybridized carbons (Fsp3) is 0.115. The molecule has 0 fully saturated rings. The van der Waals surface area contributed by atoms with Gasteiger partial charge in [0.2, 0.25) is 0 Å². The molecule has 33 heavy (non-hydrogen) atoms. The van der Waals surface area contributed by atoms with E-state index in [4.69, 9.17) is 4.74 Å². The van der Waals surface area contributed by atoms with E-state index in [2.05, 4.69) is 10.2 Å². The van der Waals surface area contributed by atoms with Gasteiger partial charge in [-0.2, -0.15) is 5.10 Å². The molecule has 1 aliphatic rings. The fourth-order valence-electron chi connectivity index (χ4n) is 4.21. The Balaban J connectivity index is 1.67. The number of ether oxygens (including phenoxy) is 1. The number of nitrogens with zero attached hydrogens (tertiary/aromatic N) is 2. The highest BCUT2D eigenvalue weighted by atomic mass is 16.5. The summed E-state index contributed by atoms with van der Waals surface area (Å²) in [6.45, 7) is 2.02. The van der Waals surface area contributed by atoms with Gasteiger partial charge in [-0.1, -0.05) is 42.0 Å². The molecule has 7 heteroatoms. The maximum Gasteiger partial charge on any atom is 0.335 e. The van der Waals surface area contributed by atoms with Crippen molar-refractivity contribution in [3.05, 3.63) is 101 Å². The second kappa shape index (κ2) is 7.94. The van der Waals surface area contributed by atoms with Gasteiger partial charge in [-0.05, 0) is 48.9 Å². The normalized spacial score (nSPS) is 14.9. The van der Waals surface area contributed by atoms with Gasteiger partial charge < -0.3 is 9.84 Å². The molecule has 2 N–H and O–H groups in total. The molecule has 0 radical (unpaired) electrons. The third-order valence-corrected chi connectivity index (χ3v) is 5.92. The van der Waals surface area contributed by atoms with E-state index in [0.29, 0.717) is 22.8 Å². The first-order valence-corrected chi connectivity index (χ1v) is 10.4. The number of hydrogen-bond acceptors (Lipinski definition) is 4. The van der Waals surface area contributed by atoms with Crippen molar-refractivity contribution >= 4 is 17.6 Å². The van der Waals surface area contributed by atoms with Gasteiger partial charge in [0, 0.05) is 16.8 Å². The van der Waals surface area contributed by atoms with Crippen molar-refractivity contribution in [3.63, 3.8) is 0 Å². The number of rotatable bonds is 5. The number of aromatic amines is 1. The Morgan fingerprint density at radius 1 is 1.00 bits per heavy atom. The standard InChI is InChI=1S/C26H21N3O4/c1-15-3-5-16(6-4-15)22-21-23(28-27-22)25(30)29(19-11-7-18(8-12-19)26(31)32)24(21)17-9-13-20(33-2)14-10-17/h3-14,24H,1-2H3,(H,27,28)(H,31,32)/t24-/m1/s1. The van der Waals surface area contributed by atoms with Crippen molar-refractivity contribution in [1.82, 2.24) is 10.2 Å². The SMILES string of the molecule is COc1ccc([C@@H]2c3c(-c4ccc(C)cc4)n[nH]c3C(=O)N2c2ccc(C(=O)O)cc2)cc1. The predicted octanol–water partition coefficient (Wildman–Crippen LogP) is 4.84. The van der Waals surface area contributed by atoms with Crippen molar-refractivity contribution in [1.29, 1.82) is 0 Å². The Hall–Kier alpha value is -4.39. The van der Waals surface area contributed by atoms with Crippen molar-refractivity contribution in [2.24, 2.45) is 0 Å². The zero-order valence-electron chi connectivity index (χ0n) is 18.1. The topological polar surface area (TPSA) is 95.5 Å². The molecule has 0 bridgehead atoms. The average molecular weight is 439 g/mol. The first-order valence-electron chi connectivity index (χ1n) is 10.4. The zero-order valence-corrected chi connectivity index (χ0v) is 18.1. The summed E-state index contributed by atoms with van der Waals surface area (Å²) in [6.07, 6.45) is 0. The molecule has 3 aromatic carbocycles. The Kier molecular flexibility index (Phi) is 4.94. The number of aromatic nitrogens is 2. The first-order chi connectivity index (χ1) is 16.0. The Morgan fingerprint density at radius 3 is 2.27 bits per heavy atom. The van der Waals surface area contributed by atoms with Crippen LogP contribution < -0.4 is 9.64 Å². The largest absolute Gasteiger partial charge is 0.497 e. The summed E-state index contributed by atoms with van der Waals surface area (Å²) in [5.41, 5.74) is 5.62. The van der Waals surface area contributed by atoms with Gasteiger partial charge in [0.1, 0.15) is 11.4 Å². The highest BCUT2D eigenvalue weighted by Crippen LogP contribution is 2.45. The lowest BCUT2D eigenvalue weighted by atomic mass is 9.95. The van der Waals surface area contributed by atoms with Gasteiger partial charge in [-0.15, -0.1) is 0 Å². The molecule has 0 saturated carbocycles. The minimum absolute atomic E-state index is 0.159. The zero-order chi connectivity index (χ0) is 23.1. The maximum atomic E-state index is 13.5. The van der Waals surface area contributed by atoms with Gasteiger partial charge in [-0.3, -0.25) is 14.8 Å². The summed E-state index contributed by atoms with van der Waals surface area (Å²) in [5.74, 6) is -0.525. The second-order valence-corrected chi connectivity index (χ2v) is 7.93. The van der Waals surface area contributed by atoms with Crippen LogP contribution in [0.2, 0.25) is 0 Å². The van der Waals surface area contributed by atoms with Crippen LogP contribution in [0.15, 0.2) is 72.8 Å². The minimum atomic E-state index is -1.02. The number of aryl methyl sites for hydroxylation is 1. The number of aromatic carboxylic acids is 1. The van der Waals surface area contributed by atoms with E-state index in [9.17, 15) is 14.7 Å². The molecule has 1 aromatic heterocycles. The van der Waals surface area contributed by atoms with Crippen LogP contribution in [-0.2, 0) is 0 Å². The third-order valence-electron chi connectivity index (χ3n) is 5.92. The summed E-state index contributed by atoms with van der Waals surface area (Å²) in [5, 5.41) is 16.7. The fourth-order valence-corrected chi connectivity index (χ4v) is 4.21. The number of methoxy groups -OCH3 is 1. The van der Waals surface area contributed by atoms with E-state index < -0.39 is 12.0 Å². The van der Waals surface area contributed by atoms with Crippen molar-refractivity contribution in [2.75, 3.05) is 12.0 Å². The first kappa shape index (κ1) is 20.5. The quantitative estimate of drug-likeness (QED) is 0.464. The van der Waals surface area contributed by atoms with E-state index in [-0.39, 0.29) is 11.5 Å². The molecule has 5 rings (SSSR count). The van der Waals surface area contributed by atoms with Crippen LogP contribution in [0.25, 0.3) is 11.3 Å². The molecule has 4 aromatic rings. The van der Waals surface area contributed by atoms with Gasteiger partial charge in [-0.25, -0.2) is 4.79 Å². The third kappa shape index (κ3) is 3.43. The number of carboxylic acids is 1. The Morgan fingerprint density at radius 2 is 1.67 bits per heavy atom. The molecular weight excluding hydrogens is 418 g/mol. The minimum Gasteiger partial charge on any atom is -0.497 e. The number of carboxylic acid groups (broad SMARTS) is 1. The van der Waals surface area contributed by atoms with E-state index in [0.717, 1.165) is 22.3 Å². The molecule has 0 spiro atoms. The molecule has 7 nitrogen and oxygen atoms in total. The van der Waals surface area contributed by atoms with Crippen LogP contribution in [0.4, 0.5) is 5.69 Å². The number of carbonyl (C=O) groups excluding carboxylic acids is 1. The molecule has 1 amide bonds. The number of fused-ring (bicyclic) bond motifs is 1. The van der Waals surface area contributed by atoms with E-state index in [1.807, 2.05) is 55.5 Å². The van der Waals surface area contributed by atoms with Gasteiger partial charge >= 0.3 is 5.97 Å². The van der Waals surface area contributed by atoms with Crippen LogP contribution in [0.5, 0.6) is 5.75 Å². The number of hydrogen-bond donors (Lipinski definition) is 2. The number of H-pyrrole nitrogens is 1. The molecule has 0 aliphatic carbocycles. The number of anilines is 1. The summed E-state index contributed by atoms with van der Waals surface area (Å²) < 4.78 is 5.30. The van der Waals surface area contributed by atoms with Gasteiger partial charge in [0.15, 0.2) is 0 Å². The molecule has 1 atom stereocenters. The summed E-state index contributed by atoms with van der Waals surface area (Å²) >= 11 is 0. The Labute approximate surface area is 190 Å². The van der Waals surface area contributed by atoms with Gasteiger partial charge in [0.05, 0.1) is 24.4 Å². The van der Waals surface area contributed by atoms with Crippen LogP contribution >= 0.6 is 0 Å².